The minimum Gasteiger partial charge on any atom is -0.486 e. The first-order chi connectivity index (χ1) is 25.4. The van der Waals surface area contributed by atoms with Crippen LogP contribution in [0.5, 0.6) is 23.0 Å². The van der Waals surface area contributed by atoms with Crippen LogP contribution >= 0.6 is 0 Å². The minimum atomic E-state index is -0.175. The minimum absolute atomic E-state index is 0.175. The molecule has 6 heterocycles. The van der Waals surface area contributed by atoms with Crippen molar-refractivity contribution in [2.45, 2.75) is 34.6 Å². The molecule has 7 aromatic rings. The Kier molecular flexibility index (Phi) is 6.03. The molecule has 4 aliphatic heterocycles. The standard InChI is InChI=1S/C43H35BN2O6/c1-22-18-29-37-30(19-22)46(39-24(3)21-34-41(26(39)5)50-17-15-48-34)43-36(28-11-7-9-13-32(28)52-43)44(37)35-27-10-6-8-12-31(27)51-42(35)45(29)38-23(2)20-33-40(25(38)4)49-16-14-47-33/h6-13,18-21H,14-17H2,1-5H3. The molecule has 0 saturated carbocycles. The van der Waals surface area contributed by atoms with E-state index in [0.717, 1.165) is 118 Å². The van der Waals surface area contributed by atoms with Gasteiger partial charge < -0.3 is 27.8 Å². The zero-order chi connectivity index (χ0) is 35.0. The number of aryl methyl sites for hydroxylation is 3. The number of ether oxygens (including phenoxy) is 4. The number of nitrogens with zero attached hydrogens (tertiary/aromatic N) is 2. The van der Waals surface area contributed by atoms with Crippen molar-refractivity contribution < 1.29 is 27.8 Å². The number of benzene rings is 5. The second kappa shape index (κ2) is 10.5. The Bertz CT molecular complexity index is 2510. The van der Waals surface area contributed by atoms with Gasteiger partial charge in [0.05, 0.1) is 11.4 Å². The third-order valence-corrected chi connectivity index (χ3v) is 11.2. The lowest BCUT2D eigenvalue weighted by molar-refractivity contribution is 0.170. The van der Waals surface area contributed by atoms with Crippen molar-refractivity contribution in [3.05, 3.63) is 101 Å². The van der Waals surface area contributed by atoms with Gasteiger partial charge in [-0.25, -0.2) is 0 Å². The van der Waals surface area contributed by atoms with Crippen LogP contribution in [0.3, 0.4) is 0 Å². The average Bonchev–Trinajstić information content (AvgIpc) is 3.72. The van der Waals surface area contributed by atoms with E-state index < -0.39 is 0 Å². The van der Waals surface area contributed by atoms with Crippen LogP contribution in [0, 0.1) is 34.6 Å². The molecular weight excluding hydrogens is 651 g/mol. The molecule has 0 unspecified atom stereocenters. The molecule has 256 valence electrons. The van der Waals surface area contributed by atoms with Gasteiger partial charge in [-0.05, 0) is 93.2 Å². The number of anilines is 6. The van der Waals surface area contributed by atoms with Gasteiger partial charge in [0.2, 0.25) is 11.8 Å². The van der Waals surface area contributed by atoms with Gasteiger partial charge in [0.15, 0.2) is 23.0 Å². The number of rotatable bonds is 2. The van der Waals surface area contributed by atoms with Gasteiger partial charge in [0.1, 0.15) is 37.6 Å². The summed E-state index contributed by atoms with van der Waals surface area (Å²) in [4.78, 5) is 4.66. The van der Waals surface area contributed by atoms with E-state index >= 15 is 0 Å². The van der Waals surface area contributed by atoms with Crippen LogP contribution in [-0.4, -0.2) is 33.1 Å². The number of fused-ring (bicyclic) bond motifs is 10. The molecule has 4 aliphatic rings. The Morgan fingerprint density at radius 2 is 0.962 bits per heavy atom. The van der Waals surface area contributed by atoms with Gasteiger partial charge in [0.25, 0.3) is 6.71 Å². The molecule has 5 aromatic carbocycles. The Labute approximate surface area is 301 Å². The summed E-state index contributed by atoms with van der Waals surface area (Å²) < 4.78 is 38.7. The highest BCUT2D eigenvalue weighted by molar-refractivity contribution is 7.02. The molecular formula is C43H35BN2O6. The lowest BCUT2D eigenvalue weighted by atomic mass is 9.33. The van der Waals surface area contributed by atoms with Gasteiger partial charge >= 0.3 is 0 Å². The van der Waals surface area contributed by atoms with Crippen molar-refractivity contribution in [2.24, 2.45) is 0 Å². The summed E-state index contributed by atoms with van der Waals surface area (Å²) in [6.45, 7) is 12.6. The van der Waals surface area contributed by atoms with Crippen LogP contribution in [0.1, 0.15) is 27.8 Å². The largest absolute Gasteiger partial charge is 0.486 e. The number of para-hydroxylation sites is 2. The normalized spacial score (nSPS) is 15.2. The van der Waals surface area contributed by atoms with Crippen LogP contribution in [0.4, 0.5) is 34.5 Å². The van der Waals surface area contributed by atoms with Gasteiger partial charge in [-0.1, -0.05) is 36.4 Å². The Morgan fingerprint density at radius 3 is 1.44 bits per heavy atom. The Hall–Kier alpha value is -5.96. The topological polar surface area (TPSA) is 69.7 Å². The first kappa shape index (κ1) is 29.7. The van der Waals surface area contributed by atoms with Crippen LogP contribution in [0.2, 0.25) is 0 Å². The first-order valence-electron chi connectivity index (χ1n) is 18.0. The monoisotopic (exact) mass is 686 g/mol. The lowest BCUT2D eigenvalue weighted by Crippen LogP contribution is -2.61. The highest BCUT2D eigenvalue weighted by Gasteiger charge is 2.49. The molecule has 2 aromatic heterocycles. The Morgan fingerprint density at radius 1 is 0.519 bits per heavy atom. The smallest absolute Gasteiger partial charge is 0.262 e. The van der Waals surface area contributed by atoms with Gasteiger partial charge in [-0.15, -0.1) is 0 Å². The molecule has 0 saturated heterocycles. The van der Waals surface area contributed by atoms with Crippen LogP contribution in [0.25, 0.3) is 21.9 Å². The maximum atomic E-state index is 7.00. The molecule has 0 fully saturated rings. The fourth-order valence-electron chi connectivity index (χ4n) is 9.21. The third kappa shape index (κ3) is 3.83. The van der Waals surface area contributed by atoms with Crippen molar-refractivity contribution in [3.8, 4) is 23.0 Å². The van der Waals surface area contributed by atoms with Crippen molar-refractivity contribution in [3.63, 3.8) is 0 Å². The zero-order valence-corrected chi connectivity index (χ0v) is 29.7. The van der Waals surface area contributed by atoms with E-state index in [1.54, 1.807) is 0 Å². The van der Waals surface area contributed by atoms with E-state index in [1.165, 1.54) is 5.46 Å². The van der Waals surface area contributed by atoms with Crippen molar-refractivity contribution in [1.29, 1.82) is 0 Å². The second-order valence-corrected chi connectivity index (χ2v) is 14.3. The highest BCUT2D eigenvalue weighted by atomic mass is 16.6. The number of furan rings is 2. The number of hydrogen-bond donors (Lipinski definition) is 0. The molecule has 0 radical (unpaired) electrons. The molecule has 52 heavy (non-hydrogen) atoms. The summed E-state index contributed by atoms with van der Waals surface area (Å²) in [6, 6.07) is 25.6. The number of hydrogen-bond acceptors (Lipinski definition) is 8. The van der Waals surface area contributed by atoms with Crippen molar-refractivity contribution >= 4 is 79.6 Å². The fourth-order valence-corrected chi connectivity index (χ4v) is 9.21. The SMILES string of the molecule is Cc1cc2c3c(c1)N(c1c(C)cc4c(c1C)OCCO4)c1oc4ccccc4c1B3c1c(oc3ccccc13)N2c1c(C)cc2c(c1C)OCCO2. The first-order valence-corrected chi connectivity index (χ1v) is 18.0. The van der Waals surface area contributed by atoms with Gasteiger partial charge in [-0.3, -0.25) is 9.80 Å². The van der Waals surface area contributed by atoms with E-state index in [0.29, 0.717) is 26.4 Å². The highest BCUT2D eigenvalue weighted by Crippen LogP contribution is 2.53. The van der Waals surface area contributed by atoms with E-state index in [-0.39, 0.29) is 6.71 Å². The molecule has 0 atom stereocenters. The quantitative estimate of drug-likeness (QED) is 0.168. The predicted molar refractivity (Wildman–Crippen MR) is 206 cm³/mol. The molecule has 0 bridgehead atoms. The summed E-state index contributed by atoms with van der Waals surface area (Å²) in [7, 11) is 0. The maximum absolute atomic E-state index is 7.00. The summed E-state index contributed by atoms with van der Waals surface area (Å²) in [5.74, 6) is 4.72. The van der Waals surface area contributed by atoms with E-state index in [4.69, 9.17) is 27.8 Å². The van der Waals surface area contributed by atoms with E-state index in [1.807, 2.05) is 12.1 Å². The molecule has 0 spiro atoms. The van der Waals surface area contributed by atoms with Crippen molar-refractivity contribution in [1.82, 2.24) is 0 Å². The van der Waals surface area contributed by atoms with Crippen molar-refractivity contribution in [2.75, 3.05) is 36.2 Å². The van der Waals surface area contributed by atoms with E-state index in [2.05, 4.69) is 105 Å². The zero-order valence-electron chi connectivity index (χ0n) is 29.7. The summed E-state index contributed by atoms with van der Waals surface area (Å²) in [6.07, 6.45) is 0. The molecule has 0 N–H and O–H groups in total. The van der Waals surface area contributed by atoms with E-state index in [9.17, 15) is 0 Å². The summed E-state index contributed by atoms with van der Waals surface area (Å²) in [5, 5.41) is 2.16. The molecule has 9 heteroatoms. The van der Waals surface area contributed by atoms with Crippen LogP contribution in [0.15, 0.2) is 81.6 Å². The third-order valence-electron chi connectivity index (χ3n) is 11.2. The van der Waals surface area contributed by atoms with Crippen LogP contribution < -0.4 is 45.1 Å². The van der Waals surface area contributed by atoms with Gasteiger partial charge in [-0.2, -0.15) is 0 Å². The average molecular weight is 687 g/mol. The Balaban J connectivity index is 1.29. The fraction of sp³-hybridized carbons (Fsp3) is 0.209. The second-order valence-electron chi connectivity index (χ2n) is 14.3. The molecule has 11 rings (SSSR count). The van der Waals surface area contributed by atoms with Gasteiger partial charge in [0, 0.05) is 44.2 Å². The van der Waals surface area contributed by atoms with Crippen LogP contribution in [-0.2, 0) is 0 Å². The lowest BCUT2D eigenvalue weighted by Gasteiger charge is -2.42. The maximum Gasteiger partial charge on any atom is 0.262 e. The molecule has 0 amide bonds. The summed E-state index contributed by atoms with van der Waals surface area (Å²) in [5.41, 5.74) is 14.5. The molecule has 0 aliphatic carbocycles. The predicted octanol–water partition coefficient (Wildman–Crippen LogP) is 8.35. The molecule has 8 nitrogen and oxygen atoms in total. The summed E-state index contributed by atoms with van der Waals surface area (Å²) >= 11 is 0.